The molecule has 0 unspecified atom stereocenters. The number of fused-ring (bicyclic) bond motifs is 2. The van der Waals surface area contributed by atoms with Gasteiger partial charge in [-0.1, -0.05) is 28.1 Å². The fourth-order valence-corrected chi connectivity index (χ4v) is 2.64. The van der Waals surface area contributed by atoms with Crippen LogP contribution in [-0.4, -0.2) is 4.92 Å². The zero-order valence-electron chi connectivity index (χ0n) is 10.1. The van der Waals surface area contributed by atoms with Crippen molar-refractivity contribution in [3.05, 3.63) is 62.3 Å². The van der Waals surface area contributed by atoms with Crippen molar-refractivity contribution in [1.82, 2.24) is 0 Å². The van der Waals surface area contributed by atoms with Crippen LogP contribution in [0.2, 0.25) is 0 Å². The molecule has 1 aromatic heterocycles. The Kier molecular flexibility index (Phi) is 3.02. The lowest BCUT2D eigenvalue weighted by Gasteiger charge is -2.05. The molecule has 0 aliphatic carbocycles. The first-order valence-electron chi connectivity index (χ1n) is 5.81. The SMILES string of the molecule is O=c1c2ccccc2oc2c(CBr)ccc([N+](=O)[O-])c12. The number of hydrogen-bond acceptors (Lipinski definition) is 4. The molecule has 0 N–H and O–H groups in total. The van der Waals surface area contributed by atoms with Gasteiger partial charge in [0.15, 0.2) is 0 Å². The van der Waals surface area contributed by atoms with Crippen LogP contribution in [0.4, 0.5) is 5.69 Å². The van der Waals surface area contributed by atoms with Crippen LogP contribution in [0.1, 0.15) is 5.56 Å². The number of nitro benzene ring substituents is 1. The van der Waals surface area contributed by atoms with Gasteiger partial charge in [0.05, 0.1) is 10.3 Å². The van der Waals surface area contributed by atoms with E-state index in [2.05, 4.69) is 15.9 Å². The molecule has 0 saturated heterocycles. The van der Waals surface area contributed by atoms with E-state index in [1.165, 1.54) is 6.07 Å². The van der Waals surface area contributed by atoms with Gasteiger partial charge in [0, 0.05) is 17.0 Å². The van der Waals surface area contributed by atoms with Crippen LogP contribution >= 0.6 is 15.9 Å². The van der Waals surface area contributed by atoms with E-state index in [0.717, 1.165) is 0 Å². The van der Waals surface area contributed by atoms with Crippen LogP contribution in [0, 0.1) is 10.1 Å². The molecule has 5 nitrogen and oxygen atoms in total. The van der Waals surface area contributed by atoms with E-state index in [9.17, 15) is 14.9 Å². The van der Waals surface area contributed by atoms with Crippen LogP contribution in [0.15, 0.2) is 45.6 Å². The molecule has 0 fully saturated rings. The largest absolute Gasteiger partial charge is 0.455 e. The standard InChI is InChI=1S/C14H8BrNO4/c15-7-8-5-6-10(16(18)19)12-13(17)9-3-1-2-4-11(9)20-14(8)12/h1-6H,7H2. The van der Waals surface area contributed by atoms with E-state index in [0.29, 0.717) is 21.9 Å². The summed E-state index contributed by atoms with van der Waals surface area (Å²) in [5, 5.41) is 11.9. The first kappa shape index (κ1) is 12.8. The van der Waals surface area contributed by atoms with Crippen molar-refractivity contribution in [2.24, 2.45) is 0 Å². The highest BCUT2D eigenvalue weighted by Gasteiger charge is 2.20. The van der Waals surface area contributed by atoms with Gasteiger partial charge < -0.3 is 4.42 Å². The Balaban J connectivity index is 2.62. The quantitative estimate of drug-likeness (QED) is 0.310. The second kappa shape index (κ2) is 4.72. The number of para-hydroxylation sites is 1. The maximum Gasteiger partial charge on any atom is 0.284 e. The molecule has 6 heteroatoms. The molecular formula is C14H8BrNO4. The third kappa shape index (κ3) is 1.80. The van der Waals surface area contributed by atoms with Gasteiger partial charge >= 0.3 is 0 Å². The lowest BCUT2D eigenvalue weighted by atomic mass is 10.1. The van der Waals surface area contributed by atoms with Gasteiger partial charge in [-0.3, -0.25) is 14.9 Å². The Morgan fingerprint density at radius 1 is 1.20 bits per heavy atom. The predicted octanol–water partition coefficient (Wildman–Crippen LogP) is 3.75. The second-order valence-electron chi connectivity index (χ2n) is 4.27. The molecule has 0 atom stereocenters. The average molecular weight is 334 g/mol. The summed E-state index contributed by atoms with van der Waals surface area (Å²) in [6.45, 7) is 0. The fourth-order valence-electron chi connectivity index (χ4n) is 2.20. The van der Waals surface area contributed by atoms with Crippen LogP contribution in [0.25, 0.3) is 21.9 Å². The van der Waals surface area contributed by atoms with Crippen molar-refractivity contribution >= 4 is 43.6 Å². The van der Waals surface area contributed by atoms with E-state index in [1.807, 2.05) is 0 Å². The van der Waals surface area contributed by atoms with E-state index < -0.39 is 4.92 Å². The lowest BCUT2D eigenvalue weighted by Crippen LogP contribution is -2.06. The molecule has 0 radical (unpaired) electrons. The van der Waals surface area contributed by atoms with Crippen molar-refractivity contribution < 1.29 is 9.34 Å². The number of hydrogen-bond donors (Lipinski definition) is 0. The van der Waals surface area contributed by atoms with Crippen molar-refractivity contribution in [2.75, 3.05) is 0 Å². The molecule has 0 amide bonds. The Morgan fingerprint density at radius 2 is 1.95 bits per heavy atom. The van der Waals surface area contributed by atoms with Crippen molar-refractivity contribution in [3.63, 3.8) is 0 Å². The number of non-ortho nitro benzene ring substituents is 1. The molecule has 20 heavy (non-hydrogen) atoms. The highest BCUT2D eigenvalue weighted by atomic mass is 79.9. The number of nitro groups is 1. The molecule has 100 valence electrons. The van der Waals surface area contributed by atoms with E-state index in [4.69, 9.17) is 4.42 Å². The topological polar surface area (TPSA) is 73.3 Å². The van der Waals surface area contributed by atoms with Gasteiger partial charge in [0.25, 0.3) is 5.69 Å². The summed E-state index contributed by atoms with van der Waals surface area (Å²) in [5.74, 6) is 0. The van der Waals surface area contributed by atoms with Gasteiger partial charge in [-0.2, -0.15) is 0 Å². The average Bonchev–Trinajstić information content (AvgIpc) is 2.46. The number of benzene rings is 2. The maximum atomic E-state index is 12.5. The maximum absolute atomic E-state index is 12.5. The number of rotatable bonds is 2. The van der Waals surface area contributed by atoms with Crippen molar-refractivity contribution in [2.45, 2.75) is 5.33 Å². The molecule has 0 saturated carbocycles. The van der Waals surface area contributed by atoms with Gasteiger partial charge in [-0.25, -0.2) is 0 Å². The van der Waals surface area contributed by atoms with Crippen molar-refractivity contribution in [1.29, 1.82) is 0 Å². The highest BCUT2D eigenvalue weighted by molar-refractivity contribution is 9.08. The smallest absolute Gasteiger partial charge is 0.284 e. The molecule has 3 rings (SSSR count). The van der Waals surface area contributed by atoms with Crippen LogP contribution in [-0.2, 0) is 5.33 Å². The number of halogens is 1. The summed E-state index contributed by atoms with van der Waals surface area (Å²) in [7, 11) is 0. The summed E-state index contributed by atoms with van der Waals surface area (Å²) < 4.78 is 5.71. The Bertz CT molecular complexity index is 901. The minimum Gasteiger partial charge on any atom is -0.455 e. The molecule has 2 aromatic carbocycles. The van der Waals surface area contributed by atoms with E-state index in [-0.39, 0.29) is 22.1 Å². The first-order chi connectivity index (χ1) is 9.63. The highest BCUT2D eigenvalue weighted by Crippen LogP contribution is 2.29. The minimum atomic E-state index is -0.563. The Labute approximate surface area is 121 Å². The zero-order chi connectivity index (χ0) is 14.3. The molecule has 0 bridgehead atoms. The number of alkyl halides is 1. The van der Waals surface area contributed by atoms with Crippen molar-refractivity contribution in [3.8, 4) is 0 Å². The van der Waals surface area contributed by atoms with Gasteiger partial charge in [0.2, 0.25) is 5.43 Å². The molecule has 0 spiro atoms. The van der Waals surface area contributed by atoms with Crippen LogP contribution in [0.3, 0.4) is 0 Å². The van der Waals surface area contributed by atoms with E-state index in [1.54, 1.807) is 30.3 Å². The normalized spacial score (nSPS) is 11.1. The molecular weight excluding hydrogens is 326 g/mol. The Hall–Kier alpha value is -2.21. The third-order valence-corrected chi connectivity index (χ3v) is 3.73. The van der Waals surface area contributed by atoms with E-state index >= 15 is 0 Å². The van der Waals surface area contributed by atoms with Crippen LogP contribution < -0.4 is 5.43 Å². The molecule has 0 aliphatic heterocycles. The monoisotopic (exact) mass is 333 g/mol. The van der Waals surface area contributed by atoms with Crippen LogP contribution in [0.5, 0.6) is 0 Å². The second-order valence-corrected chi connectivity index (χ2v) is 4.83. The fraction of sp³-hybridized carbons (Fsp3) is 0.0714. The number of nitrogens with zero attached hydrogens (tertiary/aromatic N) is 1. The summed E-state index contributed by atoms with van der Waals surface area (Å²) in [4.78, 5) is 23.1. The summed E-state index contributed by atoms with van der Waals surface area (Å²) >= 11 is 3.30. The molecule has 1 heterocycles. The van der Waals surface area contributed by atoms with Gasteiger partial charge in [-0.15, -0.1) is 0 Å². The first-order valence-corrected chi connectivity index (χ1v) is 6.93. The molecule has 3 aromatic rings. The minimum absolute atomic E-state index is 0.0191. The predicted molar refractivity (Wildman–Crippen MR) is 79.3 cm³/mol. The summed E-state index contributed by atoms with van der Waals surface area (Å²) in [5.41, 5.74) is 0.779. The summed E-state index contributed by atoms with van der Waals surface area (Å²) in [6.07, 6.45) is 0. The lowest BCUT2D eigenvalue weighted by molar-refractivity contribution is -0.383. The summed E-state index contributed by atoms with van der Waals surface area (Å²) in [6, 6.07) is 9.66. The van der Waals surface area contributed by atoms with Gasteiger partial charge in [-0.05, 0) is 18.2 Å². The third-order valence-electron chi connectivity index (χ3n) is 3.13. The zero-order valence-corrected chi connectivity index (χ0v) is 11.7. The Morgan fingerprint density at radius 3 is 2.65 bits per heavy atom. The van der Waals surface area contributed by atoms with Gasteiger partial charge in [0.1, 0.15) is 16.6 Å². The molecule has 0 aliphatic rings.